The summed E-state index contributed by atoms with van der Waals surface area (Å²) in [5.41, 5.74) is 0.965. The van der Waals surface area contributed by atoms with E-state index in [1.165, 1.54) is 18.4 Å². The van der Waals surface area contributed by atoms with Crippen molar-refractivity contribution in [1.29, 1.82) is 0 Å². The van der Waals surface area contributed by atoms with Crippen LogP contribution in [0.15, 0.2) is 68.8 Å². The van der Waals surface area contributed by atoms with Crippen molar-refractivity contribution in [1.82, 2.24) is 0 Å². The molecule has 0 radical (unpaired) electrons. The van der Waals surface area contributed by atoms with Crippen LogP contribution in [0, 0.1) is 6.92 Å². The van der Waals surface area contributed by atoms with Gasteiger partial charge in [0.05, 0.1) is 27.8 Å². The van der Waals surface area contributed by atoms with E-state index in [-0.39, 0.29) is 18.0 Å². The molecule has 1 atom stereocenters. The molecule has 0 aliphatic carbocycles. The van der Waals surface area contributed by atoms with Crippen molar-refractivity contribution >= 4 is 19.8 Å². The van der Waals surface area contributed by atoms with Gasteiger partial charge in [-0.2, -0.15) is 8.42 Å². The highest BCUT2D eigenvalue weighted by atomic mass is 32.2. The molecule has 0 saturated heterocycles. The number of nitrogens with zero attached hydrogens (tertiary/aromatic N) is 1. The summed E-state index contributed by atoms with van der Waals surface area (Å²) in [4.78, 5) is 0.713. The van der Waals surface area contributed by atoms with Gasteiger partial charge >= 0.3 is 0 Å². The highest BCUT2D eigenvalue weighted by molar-refractivity contribution is 7.93. The molecule has 0 aromatic heterocycles. The number of aryl methyl sites for hydroxylation is 1. The van der Waals surface area contributed by atoms with E-state index in [0.29, 0.717) is 4.90 Å². The molecule has 0 saturated carbocycles. The van der Waals surface area contributed by atoms with Crippen LogP contribution in [0.4, 0.5) is 0 Å². The Bertz CT molecular complexity index is 866. The van der Waals surface area contributed by atoms with E-state index >= 15 is 0 Å². The van der Waals surface area contributed by atoms with Crippen LogP contribution in [0.1, 0.15) is 5.56 Å². The van der Waals surface area contributed by atoms with Crippen LogP contribution >= 0.6 is 0 Å². The third-order valence-corrected chi connectivity index (χ3v) is 6.31. The van der Waals surface area contributed by atoms with E-state index in [1.54, 1.807) is 36.4 Å². The quantitative estimate of drug-likeness (QED) is 0.591. The molecule has 1 unspecified atom stereocenters. The Balaban J connectivity index is 2.01. The fourth-order valence-electron chi connectivity index (χ4n) is 1.88. The largest absolute Gasteiger partial charge is 0.297 e. The molecule has 7 heteroatoms. The molecule has 5 nitrogen and oxygen atoms in total. The maximum atomic E-state index is 12.4. The number of benzene rings is 2. The molecule has 124 valence electrons. The smallest absolute Gasteiger partial charge is 0.264 e. The van der Waals surface area contributed by atoms with Crippen LogP contribution in [0.2, 0.25) is 0 Å². The summed E-state index contributed by atoms with van der Waals surface area (Å²) in [6.07, 6.45) is 1.52. The topological polar surface area (TPSA) is 72.8 Å². The van der Waals surface area contributed by atoms with Gasteiger partial charge in [-0.25, -0.2) is 8.57 Å². The Kier molecular flexibility index (Phi) is 5.56. The minimum Gasteiger partial charge on any atom is -0.264 e. The molecule has 2 aromatic carbocycles. The van der Waals surface area contributed by atoms with Crippen LogP contribution in [0.25, 0.3) is 0 Å². The van der Waals surface area contributed by atoms with Gasteiger partial charge in [0.1, 0.15) is 0 Å². The highest BCUT2D eigenvalue weighted by Crippen LogP contribution is 2.14. The zero-order valence-corrected chi connectivity index (χ0v) is 14.6. The average Bonchev–Trinajstić information content (AvgIpc) is 2.53. The van der Waals surface area contributed by atoms with Gasteiger partial charge < -0.3 is 0 Å². The molecule has 2 aromatic rings. The summed E-state index contributed by atoms with van der Waals surface area (Å²) < 4.78 is 45.5. The Morgan fingerprint density at radius 3 is 2.13 bits per heavy atom. The van der Waals surface area contributed by atoms with Gasteiger partial charge in [-0.3, -0.25) is 4.18 Å². The van der Waals surface area contributed by atoms with Gasteiger partial charge in [-0.1, -0.05) is 35.9 Å². The fraction of sp³-hybridized carbons (Fsp3) is 0.250. The monoisotopic (exact) mass is 353 g/mol. The van der Waals surface area contributed by atoms with Gasteiger partial charge in [-0.15, -0.1) is 0 Å². The molecule has 2 rings (SSSR count). The molecule has 0 spiro atoms. The van der Waals surface area contributed by atoms with E-state index in [9.17, 15) is 12.6 Å². The third kappa shape index (κ3) is 4.89. The normalized spacial score (nSPS) is 14.2. The Morgan fingerprint density at radius 1 is 0.913 bits per heavy atom. The standard InChI is InChI=1S/C16H19NO4S2/c1-14-8-10-16(11-9-14)23(19,20)21-13-12-17-22(2,18)15-6-4-3-5-7-15/h3-11H,12-13H2,1-2H3. The van der Waals surface area contributed by atoms with E-state index in [4.69, 9.17) is 4.18 Å². The molecule has 0 heterocycles. The minimum atomic E-state index is -3.81. The third-order valence-electron chi connectivity index (χ3n) is 3.16. The van der Waals surface area contributed by atoms with Gasteiger partial charge in [0.15, 0.2) is 0 Å². The lowest BCUT2D eigenvalue weighted by atomic mass is 10.2. The molecule has 0 aliphatic rings. The number of rotatable bonds is 6. The van der Waals surface area contributed by atoms with Crippen molar-refractivity contribution in [2.45, 2.75) is 16.7 Å². The first-order valence-corrected chi connectivity index (χ1v) is 10.3. The van der Waals surface area contributed by atoms with Gasteiger partial charge in [0, 0.05) is 11.2 Å². The van der Waals surface area contributed by atoms with Crippen molar-refractivity contribution in [2.75, 3.05) is 19.4 Å². The summed E-state index contributed by atoms with van der Waals surface area (Å²) in [7, 11) is -6.36. The molecule has 0 N–H and O–H groups in total. The lowest BCUT2D eigenvalue weighted by Crippen LogP contribution is -2.10. The first-order valence-electron chi connectivity index (χ1n) is 7.00. The molecule has 0 fully saturated rings. The fourth-order valence-corrected chi connectivity index (χ4v) is 4.01. The minimum absolute atomic E-state index is 0.0370. The summed E-state index contributed by atoms with van der Waals surface area (Å²) in [6.45, 7) is 1.76. The maximum absolute atomic E-state index is 12.4. The van der Waals surface area contributed by atoms with E-state index in [1.807, 2.05) is 13.0 Å². The maximum Gasteiger partial charge on any atom is 0.297 e. The van der Waals surface area contributed by atoms with E-state index in [0.717, 1.165) is 5.56 Å². The van der Waals surface area contributed by atoms with E-state index in [2.05, 4.69) is 4.36 Å². The zero-order valence-electron chi connectivity index (χ0n) is 13.0. The molecule has 0 aliphatic heterocycles. The van der Waals surface area contributed by atoms with Crippen molar-refractivity contribution in [3.8, 4) is 0 Å². The lowest BCUT2D eigenvalue weighted by Gasteiger charge is -2.06. The van der Waals surface area contributed by atoms with Crippen molar-refractivity contribution in [3.63, 3.8) is 0 Å². The first kappa shape index (κ1) is 17.7. The number of hydrogen-bond donors (Lipinski definition) is 0. The van der Waals surface area contributed by atoms with Crippen LogP contribution in [0.5, 0.6) is 0 Å². The highest BCUT2D eigenvalue weighted by Gasteiger charge is 2.14. The Labute approximate surface area is 137 Å². The second-order valence-corrected chi connectivity index (χ2v) is 9.01. The van der Waals surface area contributed by atoms with Crippen LogP contribution in [-0.2, 0) is 24.0 Å². The molecule has 0 bridgehead atoms. The molecular weight excluding hydrogens is 334 g/mol. The predicted octanol–water partition coefficient (Wildman–Crippen LogP) is 2.86. The van der Waals surface area contributed by atoms with Crippen molar-refractivity contribution in [2.24, 2.45) is 4.36 Å². The average molecular weight is 353 g/mol. The zero-order chi connectivity index (χ0) is 16.9. The summed E-state index contributed by atoms with van der Waals surface area (Å²) in [5, 5.41) is 0. The Morgan fingerprint density at radius 2 is 1.52 bits per heavy atom. The van der Waals surface area contributed by atoms with E-state index < -0.39 is 19.8 Å². The van der Waals surface area contributed by atoms with Crippen molar-refractivity contribution < 1.29 is 16.8 Å². The van der Waals surface area contributed by atoms with Gasteiger partial charge in [0.2, 0.25) is 0 Å². The van der Waals surface area contributed by atoms with Crippen molar-refractivity contribution in [3.05, 3.63) is 60.2 Å². The second kappa shape index (κ2) is 7.25. The van der Waals surface area contributed by atoms with Gasteiger partial charge in [0.25, 0.3) is 10.1 Å². The molecule has 23 heavy (non-hydrogen) atoms. The number of hydrogen-bond acceptors (Lipinski definition) is 5. The van der Waals surface area contributed by atoms with Crippen LogP contribution in [0.3, 0.4) is 0 Å². The summed E-state index contributed by atoms with van der Waals surface area (Å²) in [6, 6.07) is 15.3. The summed E-state index contributed by atoms with van der Waals surface area (Å²) >= 11 is 0. The summed E-state index contributed by atoms with van der Waals surface area (Å²) in [5.74, 6) is 0. The lowest BCUT2D eigenvalue weighted by molar-refractivity contribution is 0.328. The van der Waals surface area contributed by atoms with Gasteiger partial charge in [-0.05, 0) is 31.2 Å². The predicted molar refractivity (Wildman–Crippen MR) is 90.4 cm³/mol. The van der Waals surface area contributed by atoms with Crippen LogP contribution < -0.4 is 0 Å². The Hall–Kier alpha value is -1.70. The second-order valence-electron chi connectivity index (χ2n) is 5.06. The molecule has 0 amide bonds. The first-order chi connectivity index (χ1) is 10.8. The van der Waals surface area contributed by atoms with Crippen LogP contribution in [-0.4, -0.2) is 32.0 Å². The SMILES string of the molecule is Cc1ccc(S(=O)(=O)OCCN=S(C)(=O)c2ccccc2)cc1. The molecular formula is C16H19NO4S2.